The summed E-state index contributed by atoms with van der Waals surface area (Å²) < 4.78 is 3.96. The summed E-state index contributed by atoms with van der Waals surface area (Å²) >= 11 is 1.80. The maximum absolute atomic E-state index is 12.3. The van der Waals surface area contributed by atoms with Crippen molar-refractivity contribution >= 4 is 17.2 Å². The van der Waals surface area contributed by atoms with Gasteiger partial charge in [-0.2, -0.15) is 5.10 Å². The predicted octanol–water partition coefficient (Wildman–Crippen LogP) is 2.66. The summed E-state index contributed by atoms with van der Waals surface area (Å²) in [5, 5.41) is 9.67. The fourth-order valence-electron chi connectivity index (χ4n) is 3.56. The van der Waals surface area contributed by atoms with E-state index in [9.17, 15) is 4.79 Å². The van der Waals surface area contributed by atoms with Gasteiger partial charge in [-0.05, 0) is 36.1 Å². The summed E-state index contributed by atoms with van der Waals surface area (Å²) in [5.74, 6) is -0.0237. The molecule has 0 aliphatic carbocycles. The standard InChI is InChI=1S/C19H23N5OS/c1-22-10-2-5-18(22)19(25)20-8-6-15-12-23(14-17-4-3-11-26-17)13-16-7-9-21-24(15)16/h2-5,7,9-11,15H,6,8,12-14H2,1H3,(H,20,25). The first-order valence-corrected chi connectivity index (χ1v) is 9.75. The topological polar surface area (TPSA) is 55.1 Å². The third-order valence-electron chi connectivity index (χ3n) is 4.85. The maximum atomic E-state index is 12.3. The van der Waals surface area contributed by atoms with Crippen molar-refractivity contribution in [2.45, 2.75) is 25.6 Å². The minimum atomic E-state index is -0.0237. The number of nitrogens with zero attached hydrogens (tertiary/aromatic N) is 4. The normalized spacial score (nSPS) is 17.2. The summed E-state index contributed by atoms with van der Waals surface area (Å²) in [6.07, 6.45) is 4.62. The highest BCUT2D eigenvalue weighted by atomic mass is 32.1. The highest BCUT2D eigenvalue weighted by Gasteiger charge is 2.25. The lowest BCUT2D eigenvalue weighted by atomic mass is 10.1. The fraction of sp³-hybridized carbons (Fsp3) is 0.368. The van der Waals surface area contributed by atoms with E-state index in [-0.39, 0.29) is 11.9 Å². The van der Waals surface area contributed by atoms with E-state index in [1.165, 1.54) is 10.6 Å². The molecule has 6 nitrogen and oxygen atoms in total. The van der Waals surface area contributed by atoms with Crippen LogP contribution in [-0.4, -0.2) is 38.2 Å². The number of fused-ring (bicyclic) bond motifs is 1. The maximum Gasteiger partial charge on any atom is 0.267 e. The number of thiophene rings is 1. The molecule has 1 N–H and O–H groups in total. The molecule has 0 bridgehead atoms. The van der Waals surface area contributed by atoms with E-state index in [1.54, 1.807) is 11.3 Å². The largest absolute Gasteiger partial charge is 0.351 e. The molecule has 1 unspecified atom stereocenters. The molecule has 0 saturated heterocycles. The van der Waals surface area contributed by atoms with E-state index in [4.69, 9.17) is 0 Å². The van der Waals surface area contributed by atoms with Gasteiger partial charge in [0, 0.05) is 50.5 Å². The van der Waals surface area contributed by atoms with Gasteiger partial charge in [-0.1, -0.05) is 6.07 Å². The molecule has 3 aromatic heterocycles. The zero-order valence-corrected chi connectivity index (χ0v) is 15.7. The van der Waals surface area contributed by atoms with Crippen molar-refractivity contribution in [1.82, 2.24) is 24.6 Å². The van der Waals surface area contributed by atoms with Gasteiger partial charge < -0.3 is 9.88 Å². The molecule has 0 fully saturated rings. The summed E-state index contributed by atoms with van der Waals surface area (Å²) in [4.78, 5) is 16.1. The van der Waals surface area contributed by atoms with Crippen molar-refractivity contribution < 1.29 is 4.79 Å². The van der Waals surface area contributed by atoms with Gasteiger partial charge >= 0.3 is 0 Å². The second kappa shape index (κ2) is 7.47. The molecule has 0 spiro atoms. The molecule has 1 amide bonds. The Morgan fingerprint density at radius 2 is 2.27 bits per heavy atom. The zero-order valence-electron chi connectivity index (χ0n) is 14.8. The smallest absolute Gasteiger partial charge is 0.267 e. The second-order valence-corrected chi connectivity index (χ2v) is 7.75. The fourth-order valence-corrected chi connectivity index (χ4v) is 4.31. The number of amides is 1. The van der Waals surface area contributed by atoms with E-state index in [0.29, 0.717) is 12.2 Å². The van der Waals surface area contributed by atoms with Crippen molar-refractivity contribution in [1.29, 1.82) is 0 Å². The van der Waals surface area contributed by atoms with Gasteiger partial charge in [-0.15, -0.1) is 11.3 Å². The molecule has 26 heavy (non-hydrogen) atoms. The molecule has 1 aliphatic rings. The number of rotatable bonds is 6. The van der Waals surface area contributed by atoms with Gasteiger partial charge in [-0.25, -0.2) is 0 Å². The summed E-state index contributed by atoms with van der Waals surface area (Å²) in [7, 11) is 1.88. The van der Waals surface area contributed by atoms with Crippen LogP contribution in [0.15, 0.2) is 48.1 Å². The van der Waals surface area contributed by atoms with Crippen LogP contribution in [0.5, 0.6) is 0 Å². The molecule has 1 aliphatic heterocycles. The van der Waals surface area contributed by atoms with Crippen molar-refractivity contribution in [2.75, 3.05) is 13.1 Å². The first kappa shape index (κ1) is 17.1. The van der Waals surface area contributed by atoms with Crippen molar-refractivity contribution in [3.05, 3.63) is 64.4 Å². The lowest BCUT2D eigenvalue weighted by molar-refractivity contribution is 0.0939. The molecule has 0 radical (unpaired) electrons. The summed E-state index contributed by atoms with van der Waals surface area (Å²) in [6.45, 7) is 3.48. The van der Waals surface area contributed by atoms with Gasteiger partial charge in [0.2, 0.25) is 0 Å². The van der Waals surface area contributed by atoms with Crippen LogP contribution in [0.3, 0.4) is 0 Å². The molecular weight excluding hydrogens is 346 g/mol. The van der Waals surface area contributed by atoms with Gasteiger partial charge in [0.25, 0.3) is 5.91 Å². The van der Waals surface area contributed by atoms with Crippen LogP contribution in [0.2, 0.25) is 0 Å². The highest BCUT2D eigenvalue weighted by molar-refractivity contribution is 7.09. The molecule has 3 aromatic rings. The first-order valence-electron chi connectivity index (χ1n) is 8.87. The van der Waals surface area contributed by atoms with Crippen LogP contribution in [0, 0.1) is 0 Å². The van der Waals surface area contributed by atoms with E-state index < -0.39 is 0 Å². The Hall–Kier alpha value is -2.38. The lowest BCUT2D eigenvalue weighted by Gasteiger charge is -2.33. The number of hydrogen-bond donors (Lipinski definition) is 1. The molecule has 0 aromatic carbocycles. The van der Waals surface area contributed by atoms with E-state index >= 15 is 0 Å². The van der Waals surface area contributed by atoms with E-state index in [1.807, 2.05) is 36.1 Å². The van der Waals surface area contributed by atoms with Gasteiger partial charge in [0.1, 0.15) is 5.69 Å². The number of aryl methyl sites for hydroxylation is 1. The quantitative estimate of drug-likeness (QED) is 0.727. The Balaban J connectivity index is 1.37. The number of carbonyl (C=O) groups is 1. The van der Waals surface area contributed by atoms with Crippen LogP contribution in [0.1, 0.15) is 33.5 Å². The van der Waals surface area contributed by atoms with E-state index in [2.05, 4.69) is 43.6 Å². The van der Waals surface area contributed by atoms with Crippen LogP contribution >= 0.6 is 11.3 Å². The van der Waals surface area contributed by atoms with Crippen LogP contribution in [-0.2, 0) is 20.1 Å². The minimum Gasteiger partial charge on any atom is -0.351 e. The Morgan fingerprint density at radius 1 is 1.35 bits per heavy atom. The third kappa shape index (κ3) is 3.59. The summed E-state index contributed by atoms with van der Waals surface area (Å²) in [6, 6.07) is 10.4. The number of hydrogen-bond acceptors (Lipinski definition) is 4. The third-order valence-corrected chi connectivity index (χ3v) is 5.71. The number of carbonyl (C=O) groups excluding carboxylic acids is 1. The molecule has 1 atom stereocenters. The molecule has 7 heteroatoms. The monoisotopic (exact) mass is 369 g/mol. The average molecular weight is 369 g/mol. The highest BCUT2D eigenvalue weighted by Crippen LogP contribution is 2.25. The lowest BCUT2D eigenvalue weighted by Crippen LogP contribution is -2.38. The Labute approximate surface area is 157 Å². The predicted molar refractivity (Wildman–Crippen MR) is 102 cm³/mol. The number of aromatic nitrogens is 3. The molecule has 136 valence electrons. The van der Waals surface area contributed by atoms with Gasteiger partial charge in [-0.3, -0.25) is 14.4 Å². The van der Waals surface area contributed by atoms with Crippen LogP contribution in [0.25, 0.3) is 0 Å². The molecule has 4 rings (SSSR count). The van der Waals surface area contributed by atoms with Crippen LogP contribution < -0.4 is 5.32 Å². The van der Waals surface area contributed by atoms with Crippen molar-refractivity contribution in [2.24, 2.45) is 7.05 Å². The second-order valence-electron chi connectivity index (χ2n) is 6.72. The van der Waals surface area contributed by atoms with E-state index in [0.717, 1.165) is 26.1 Å². The SMILES string of the molecule is Cn1cccc1C(=O)NCCC1CN(Cc2cccs2)Cc2ccnn21. The Morgan fingerprint density at radius 3 is 3.04 bits per heavy atom. The molecule has 4 heterocycles. The number of nitrogens with one attached hydrogen (secondary N) is 1. The van der Waals surface area contributed by atoms with Gasteiger partial charge in [0.05, 0.1) is 11.7 Å². The average Bonchev–Trinajstić information content (AvgIpc) is 3.36. The Kier molecular flexibility index (Phi) is 4.90. The molecular formula is C19H23N5OS. The van der Waals surface area contributed by atoms with Crippen LogP contribution in [0.4, 0.5) is 0 Å². The minimum absolute atomic E-state index is 0.0237. The van der Waals surface area contributed by atoms with Gasteiger partial charge in [0.15, 0.2) is 0 Å². The van der Waals surface area contributed by atoms with Crippen molar-refractivity contribution in [3.63, 3.8) is 0 Å². The van der Waals surface area contributed by atoms with Crippen molar-refractivity contribution in [3.8, 4) is 0 Å². The Bertz CT molecular complexity index is 866. The molecule has 0 saturated carbocycles. The first-order chi connectivity index (χ1) is 12.7. The zero-order chi connectivity index (χ0) is 17.9. The summed E-state index contributed by atoms with van der Waals surface area (Å²) in [5.41, 5.74) is 1.93.